The van der Waals surface area contributed by atoms with E-state index in [1.165, 1.54) is 24.1 Å². The van der Waals surface area contributed by atoms with Gasteiger partial charge in [0.25, 0.3) is 0 Å². The summed E-state index contributed by atoms with van der Waals surface area (Å²) in [5.41, 5.74) is 2.86. The molecule has 0 bridgehead atoms. The Bertz CT molecular complexity index is 418. The second-order valence-electron chi connectivity index (χ2n) is 6.81. The minimum Gasteiger partial charge on any atom is -0.371 e. The first-order chi connectivity index (χ1) is 8.89. The van der Waals surface area contributed by atoms with Crippen molar-refractivity contribution in [3.63, 3.8) is 0 Å². The van der Waals surface area contributed by atoms with Gasteiger partial charge in [0.1, 0.15) is 0 Å². The third-order valence-corrected chi connectivity index (χ3v) is 4.25. The molecule has 19 heavy (non-hydrogen) atoms. The highest BCUT2D eigenvalue weighted by Crippen LogP contribution is 2.29. The van der Waals surface area contributed by atoms with Gasteiger partial charge in [-0.3, -0.25) is 4.98 Å². The van der Waals surface area contributed by atoms with Crippen LogP contribution in [0.1, 0.15) is 46.1 Å². The Kier molecular flexibility index (Phi) is 4.14. The molecule has 0 radical (unpaired) electrons. The van der Waals surface area contributed by atoms with Crippen LogP contribution in [-0.2, 0) is 6.54 Å². The lowest BCUT2D eigenvalue weighted by Crippen LogP contribution is -2.40. The molecule has 0 aromatic carbocycles. The first kappa shape index (κ1) is 14.3. The van der Waals surface area contributed by atoms with Crippen LogP contribution in [-0.4, -0.2) is 24.1 Å². The van der Waals surface area contributed by atoms with Gasteiger partial charge in [-0.05, 0) is 31.2 Å². The number of rotatable bonds is 5. The van der Waals surface area contributed by atoms with E-state index in [1.807, 2.05) is 12.4 Å². The molecule has 1 aliphatic carbocycles. The van der Waals surface area contributed by atoms with Crippen LogP contribution in [0, 0.1) is 5.41 Å². The van der Waals surface area contributed by atoms with Gasteiger partial charge >= 0.3 is 0 Å². The van der Waals surface area contributed by atoms with Crippen molar-refractivity contribution < 1.29 is 0 Å². The SMILES string of the molecule is CC(N(C)c1ccncc1CNC1CC1)C(C)(C)C. The predicted molar refractivity (Wildman–Crippen MR) is 81.4 cm³/mol. The molecule has 1 atom stereocenters. The molecule has 1 heterocycles. The first-order valence-corrected chi connectivity index (χ1v) is 7.28. The van der Waals surface area contributed by atoms with Crippen LogP contribution in [0.4, 0.5) is 5.69 Å². The summed E-state index contributed by atoms with van der Waals surface area (Å²) in [5.74, 6) is 0. The highest BCUT2D eigenvalue weighted by Gasteiger charge is 2.26. The van der Waals surface area contributed by atoms with Gasteiger partial charge in [-0.1, -0.05) is 20.8 Å². The highest BCUT2D eigenvalue weighted by atomic mass is 15.1. The molecule has 106 valence electrons. The minimum absolute atomic E-state index is 0.263. The molecule has 1 aliphatic rings. The molecule has 0 aliphatic heterocycles. The summed E-state index contributed by atoms with van der Waals surface area (Å²) in [6.45, 7) is 10.1. The van der Waals surface area contributed by atoms with Crippen molar-refractivity contribution in [2.24, 2.45) is 5.41 Å². The van der Waals surface area contributed by atoms with Crippen LogP contribution in [0.5, 0.6) is 0 Å². The fourth-order valence-corrected chi connectivity index (χ4v) is 2.23. The first-order valence-electron chi connectivity index (χ1n) is 7.28. The summed E-state index contributed by atoms with van der Waals surface area (Å²) in [6.07, 6.45) is 6.53. The smallest absolute Gasteiger partial charge is 0.0442 e. The maximum absolute atomic E-state index is 4.28. The van der Waals surface area contributed by atoms with Gasteiger partial charge < -0.3 is 10.2 Å². The van der Waals surface area contributed by atoms with E-state index >= 15 is 0 Å². The van der Waals surface area contributed by atoms with Crippen LogP contribution < -0.4 is 10.2 Å². The molecule has 3 heteroatoms. The van der Waals surface area contributed by atoms with E-state index in [0.717, 1.165) is 12.6 Å². The van der Waals surface area contributed by atoms with E-state index in [9.17, 15) is 0 Å². The largest absolute Gasteiger partial charge is 0.371 e. The van der Waals surface area contributed by atoms with Gasteiger partial charge in [0.05, 0.1) is 0 Å². The second-order valence-corrected chi connectivity index (χ2v) is 6.81. The number of nitrogens with one attached hydrogen (secondary N) is 1. The van der Waals surface area contributed by atoms with E-state index < -0.39 is 0 Å². The fraction of sp³-hybridized carbons (Fsp3) is 0.688. The Morgan fingerprint density at radius 3 is 2.68 bits per heavy atom. The Labute approximate surface area is 117 Å². The van der Waals surface area contributed by atoms with Gasteiger partial charge in [0.15, 0.2) is 0 Å². The molecular formula is C16H27N3. The average Bonchev–Trinajstić information content (AvgIpc) is 3.18. The molecule has 0 saturated heterocycles. The van der Waals surface area contributed by atoms with Crippen LogP contribution in [0.3, 0.4) is 0 Å². The monoisotopic (exact) mass is 261 g/mol. The molecule has 1 fully saturated rings. The van der Waals surface area contributed by atoms with Crippen LogP contribution in [0.15, 0.2) is 18.5 Å². The number of aromatic nitrogens is 1. The average molecular weight is 261 g/mol. The Morgan fingerprint density at radius 1 is 1.42 bits per heavy atom. The van der Waals surface area contributed by atoms with Crippen LogP contribution >= 0.6 is 0 Å². The maximum Gasteiger partial charge on any atom is 0.0442 e. The second kappa shape index (κ2) is 5.49. The van der Waals surface area contributed by atoms with E-state index in [1.54, 1.807) is 0 Å². The highest BCUT2D eigenvalue weighted by molar-refractivity contribution is 5.52. The topological polar surface area (TPSA) is 28.2 Å². The number of hydrogen-bond acceptors (Lipinski definition) is 3. The molecule has 3 nitrogen and oxygen atoms in total. The number of pyridine rings is 1. The zero-order chi connectivity index (χ0) is 14.0. The quantitative estimate of drug-likeness (QED) is 0.882. The van der Waals surface area contributed by atoms with Gasteiger partial charge in [0, 0.05) is 49.3 Å². The Morgan fingerprint density at radius 2 is 2.11 bits per heavy atom. The zero-order valence-electron chi connectivity index (χ0n) is 12.9. The summed E-state index contributed by atoms with van der Waals surface area (Å²) in [4.78, 5) is 6.66. The number of hydrogen-bond donors (Lipinski definition) is 1. The van der Waals surface area contributed by atoms with E-state index in [-0.39, 0.29) is 5.41 Å². The lowest BCUT2D eigenvalue weighted by atomic mass is 9.87. The minimum atomic E-state index is 0.263. The normalized spacial score (nSPS) is 17.3. The third-order valence-electron chi connectivity index (χ3n) is 4.25. The zero-order valence-corrected chi connectivity index (χ0v) is 12.9. The molecule has 1 aromatic rings. The van der Waals surface area contributed by atoms with Gasteiger partial charge in [-0.25, -0.2) is 0 Å². The summed E-state index contributed by atoms with van der Waals surface area (Å²) in [5, 5.41) is 3.58. The van der Waals surface area contributed by atoms with Gasteiger partial charge in [-0.2, -0.15) is 0 Å². The van der Waals surface area contributed by atoms with E-state index in [2.05, 4.69) is 56.0 Å². The summed E-state index contributed by atoms with van der Waals surface area (Å²) in [6, 6.07) is 3.35. The molecule has 1 unspecified atom stereocenters. The molecular weight excluding hydrogens is 234 g/mol. The van der Waals surface area contributed by atoms with Gasteiger partial charge in [-0.15, -0.1) is 0 Å². The van der Waals surface area contributed by atoms with E-state index in [4.69, 9.17) is 0 Å². The predicted octanol–water partition coefficient (Wildman–Crippen LogP) is 3.20. The summed E-state index contributed by atoms with van der Waals surface area (Å²) in [7, 11) is 2.19. The van der Waals surface area contributed by atoms with Crippen molar-refractivity contribution >= 4 is 5.69 Å². The third kappa shape index (κ3) is 3.69. The number of anilines is 1. The number of nitrogens with zero attached hydrogens (tertiary/aromatic N) is 2. The van der Waals surface area contributed by atoms with Crippen LogP contribution in [0.25, 0.3) is 0 Å². The molecule has 0 spiro atoms. The summed E-state index contributed by atoms with van der Waals surface area (Å²) < 4.78 is 0. The Hall–Kier alpha value is -1.09. The van der Waals surface area contributed by atoms with Crippen molar-refractivity contribution in [1.82, 2.24) is 10.3 Å². The lowest BCUT2D eigenvalue weighted by molar-refractivity contribution is 0.329. The maximum atomic E-state index is 4.28. The molecule has 2 rings (SSSR count). The van der Waals surface area contributed by atoms with Gasteiger partial charge in [0.2, 0.25) is 0 Å². The standard InChI is InChI=1S/C16H27N3/c1-12(16(2,3)4)19(5)15-8-9-17-10-13(15)11-18-14-6-7-14/h8-10,12,14,18H,6-7,11H2,1-5H3. The molecule has 0 amide bonds. The molecule has 1 N–H and O–H groups in total. The molecule has 1 saturated carbocycles. The van der Waals surface area contributed by atoms with Crippen molar-refractivity contribution in [2.75, 3.05) is 11.9 Å². The van der Waals surface area contributed by atoms with Crippen molar-refractivity contribution in [3.8, 4) is 0 Å². The Balaban J connectivity index is 2.13. The van der Waals surface area contributed by atoms with Crippen molar-refractivity contribution in [2.45, 2.75) is 59.2 Å². The summed E-state index contributed by atoms with van der Waals surface area (Å²) >= 11 is 0. The van der Waals surface area contributed by atoms with Crippen LogP contribution in [0.2, 0.25) is 0 Å². The van der Waals surface area contributed by atoms with Crippen molar-refractivity contribution in [1.29, 1.82) is 0 Å². The van der Waals surface area contributed by atoms with Crippen molar-refractivity contribution in [3.05, 3.63) is 24.0 Å². The fourth-order valence-electron chi connectivity index (χ4n) is 2.23. The molecule has 1 aromatic heterocycles. The lowest BCUT2D eigenvalue weighted by Gasteiger charge is -2.37. The van der Waals surface area contributed by atoms with E-state index in [0.29, 0.717) is 6.04 Å².